The summed E-state index contributed by atoms with van der Waals surface area (Å²) in [6, 6.07) is 14.9. The summed E-state index contributed by atoms with van der Waals surface area (Å²) in [4.78, 5) is 70.6. The van der Waals surface area contributed by atoms with Crippen molar-refractivity contribution in [3.05, 3.63) is 59.7 Å². The van der Waals surface area contributed by atoms with Gasteiger partial charge in [0.1, 0.15) is 12.4 Å². The number of hydrogen-bond acceptors (Lipinski definition) is 12. The van der Waals surface area contributed by atoms with Crippen molar-refractivity contribution < 1.29 is 112 Å². The Morgan fingerprint density at radius 1 is 0.926 bits per heavy atom. The van der Waals surface area contributed by atoms with E-state index in [4.69, 9.17) is 42.5 Å². The van der Waals surface area contributed by atoms with E-state index in [1.807, 2.05) is 24.3 Å². The number of ether oxygens (including phenoxy) is 2. The second-order valence-corrected chi connectivity index (χ2v) is 16.5. The SMILES string of the molecule is CN(CCCOc1cccc(/C=N/NC(=O)OCCN(C)C(=O)CCCc2ccc(N(CCCl)CCCl)cc2)c1)CCC(O)(P(=O)([O-])O)P(=O)([O-])O.[Na+].[Na+]. The van der Waals surface area contributed by atoms with Gasteiger partial charge >= 0.3 is 65.2 Å². The molecule has 22 heteroatoms. The number of aryl methyl sites for hydroxylation is 1. The average Bonchev–Trinajstić information content (AvgIpc) is 3.08. The average molecular weight is 857 g/mol. The van der Waals surface area contributed by atoms with Crippen molar-refractivity contribution in [1.82, 2.24) is 15.2 Å². The van der Waals surface area contributed by atoms with Crippen LogP contribution in [0.3, 0.4) is 0 Å². The Kier molecular flexibility index (Phi) is 26.7. The molecule has 0 aliphatic carbocycles. The number of hydrogen-bond donors (Lipinski definition) is 4. The van der Waals surface area contributed by atoms with Crippen LogP contribution in [0.1, 0.15) is 36.8 Å². The third-order valence-corrected chi connectivity index (χ3v) is 12.0. The normalized spacial score (nSPS) is 14.5. The number of halogens is 2. The predicted molar refractivity (Wildman–Crippen MR) is 196 cm³/mol. The zero-order valence-electron chi connectivity index (χ0n) is 31.1. The van der Waals surface area contributed by atoms with Gasteiger partial charge in [-0.15, -0.1) is 23.2 Å². The largest absolute Gasteiger partial charge is 1.00 e. The number of alkyl halides is 2. The number of nitrogens with zero attached hydrogens (tertiary/aromatic N) is 4. The fraction of sp³-hybridized carbons (Fsp3) is 0.531. The van der Waals surface area contributed by atoms with E-state index in [1.54, 1.807) is 31.3 Å². The standard InChI is InChI=1S/C32H49Cl2N5O11P2.2Na/c1-37(18-14-32(42,51(43,44)45)52(46,47)48)17-5-22-49-29-8-3-7-27(24-29)25-35-36-31(41)50-23-21-38(2)30(40)9-4-6-26-10-12-28(13-11-26)39(19-15-33)20-16-34;;/h3,7-8,10-13,24-25,42H,4-6,9,14-23H2,1-2H3,(H,36,41)(H2,43,44,45)(H2,46,47,48);;/q;2*+1/p-2/b35-25+;;. The topological polar surface area (TPSA) is 228 Å². The Balaban J connectivity index is 0.0000140. The number of anilines is 1. The maximum atomic E-state index is 12.5. The van der Waals surface area contributed by atoms with E-state index >= 15 is 0 Å². The van der Waals surface area contributed by atoms with Crippen molar-refractivity contribution in [3.8, 4) is 5.75 Å². The van der Waals surface area contributed by atoms with Crippen LogP contribution in [0.4, 0.5) is 10.5 Å². The van der Waals surface area contributed by atoms with E-state index in [0.29, 0.717) is 62.0 Å². The van der Waals surface area contributed by atoms with Crippen molar-refractivity contribution in [2.45, 2.75) is 37.2 Å². The Morgan fingerprint density at radius 2 is 1.56 bits per heavy atom. The zero-order valence-corrected chi connectivity index (χ0v) is 38.4. The number of nitrogens with one attached hydrogen (secondary N) is 1. The van der Waals surface area contributed by atoms with Crippen LogP contribution in [0.5, 0.6) is 5.75 Å². The molecule has 0 saturated carbocycles. The number of amides is 2. The quantitative estimate of drug-likeness (QED) is 0.0200. The summed E-state index contributed by atoms with van der Waals surface area (Å²) in [6.45, 7) is 1.87. The summed E-state index contributed by atoms with van der Waals surface area (Å²) in [5.74, 6) is 1.45. The molecule has 0 aromatic heterocycles. The number of hydrazone groups is 1. The number of carbonyl (C=O) groups excluding carboxylic acids is 2. The van der Waals surface area contributed by atoms with Crippen LogP contribution in [-0.2, 0) is 25.1 Å². The molecule has 292 valence electrons. The van der Waals surface area contributed by atoms with Gasteiger partial charge < -0.3 is 58.0 Å². The van der Waals surface area contributed by atoms with E-state index in [2.05, 4.69) is 15.4 Å². The van der Waals surface area contributed by atoms with Gasteiger partial charge in [0.2, 0.25) is 5.91 Å². The van der Waals surface area contributed by atoms with Gasteiger partial charge in [-0.3, -0.25) is 4.79 Å². The molecule has 0 heterocycles. The minimum atomic E-state index is -5.81. The van der Waals surface area contributed by atoms with Gasteiger partial charge in [-0.1, -0.05) is 24.3 Å². The Labute approximate surface area is 370 Å². The molecule has 2 amide bonds. The third kappa shape index (κ3) is 19.1. The first-order valence-electron chi connectivity index (χ1n) is 16.4. The molecule has 2 aromatic rings. The first-order valence-corrected chi connectivity index (χ1v) is 20.6. The molecule has 0 saturated heterocycles. The summed E-state index contributed by atoms with van der Waals surface area (Å²) in [6.07, 6.45) is 1.82. The molecule has 0 aliphatic heterocycles. The molecule has 2 rings (SSSR count). The van der Waals surface area contributed by atoms with E-state index < -0.39 is 32.8 Å². The van der Waals surface area contributed by atoms with Crippen LogP contribution in [0.15, 0.2) is 53.6 Å². The van der Waals surface area contributed by atoms with Gasteiger partial charge in [0.05, 0.1) is 19.4 Å². The monoisotopic (exact) mass is 855 g/mol. The fourth-order valence-electron chi connectivity index (χ4n) is 4.78. The number of carbonyl (C=O) groups is 2. The molecule has 0 radical (unpaired) electrons. The van der Waals surface area contributed by atoms with Gasteiger partial charge in [0, 0.05) is 63.5 Å². The maximum absolute atomic E-state index is 12.5. The molecule has 0 spiro atoms. The first-order chi connectivity index (χ1) is 24.5. The zero-order chi connectivity index (χ0) is 38.8. The molecule has 0 bridgehead atoms. The van der Waals surface area contributed by atoms with Gasteiger partial charge in [-0.25, -0.2) is 10.2 Å². The summed E-state index contributed by atoms with van der Waals surface area (Å²) < 4.78 is 33.5. The molecule has 0 aliphatic rings. The molecule has 16 nitrogen and oxygen atoms in total. The number of benzene rings is 2. The van der Waals surface area contributed by atoms with Crippen molar-refractivity contribution in [1.29, 1.82) is 0 Å². The molecule has 0 fully saturated rings. The van der Waals surface area contributed by atoms with Crippen LogP contribution in [0.25, 0.3) is 0 Å². The Hall–Kier alpha value is -0.750. The number of likely N-dealkylation sites (N-methyl/N-ethyl adjacent to an activating group) is 1. The van der Waals surface area contributed by atoms with Gasteiger partial charge in [0.25, 0.3) is 0 Å². The Bertz CT molecular complexity index is 1510. The van der Waals surface area contributed by atoms with Crippen LogP contribution in [-0.4, -0.2) is 120 Å². The van der Waals surface area contributed by atoms with E-state index in [9.17, 15) is 33.6 Å². The van der Waals surface area contributed by atoms with Crippen LogP contribution in [0.2, 0.25) is 0 Å². The van der Waals surface area contributed by atoms with Crippen molar-refractivity contribution in [2.75, 3.05) is 76.7 Å². The second-order valence-electron chi connectivity index (χ2n) is 11.8. The third-order valence-electron chi connectivity index (χ3n) is 7.87. The van der Waals surface area contributed by atoms with E-state index in [1.165, 1.54) is 23.1 Å². The van der Waals surface area contributed by atoms with Gasteiger partial charge in [-0.05, 0) is 61.7 Å². The summed E-state index contributed by atoms with van der Waals surface area (Å²) in [5.41, 5.74) is 5.03. The molecule has 54 heavy (non-hydrogen) atoms. The predicted octanol–water partition coefficient (Wildman–Crippen LogP) is -3.65. The maximum Gasteiger partial charge on any atom is 1.00 e. The van der Waals surface area contributed by atoms with Crippen molar-refractivity contribution in [2.24, 2.45) is 5.10 Å². The fourth-order valence-corrected chi connectivity index (χ4v) is 7.23. The summed E-state index contributed by atoms with van der Waals surface area (Å²) >= 11 is 11.8. The molecular weight excluding hydrogens is 809 g/mol. The minimum Gasteiger partial charge on any atom is -0.776 e. The second kappa shape index (κ2) is 27.0. The smallest absolute Gasteiger partial charge is 0.776 e. The van der Waals surface area contributed by atoms with Crippen LogP contribution in [0, 0.1) is 0 Å². The van der Waals surface area contributed by atoms with Gasteiger partial charge in [0.15, 0.2) is 20.3 Å². The summed E-state index contributed by atoms with van der Waals surface area (Å²) in [5, 5.41) is 10.1. The van der Waals surface area contributed by atoms with Gasteiger partial charge in [-0.2, -0.15) is 5.10 Å². The number of aliphatic hydroxyl groups is 1. The van der Waals surface area contributed by atoms with Crippen LogP contribution >= 0.6 is 38.4 Å². The molecular formula is C32H47Cl2N5Na2O11P2. The molecule has 2 unspecified atom stereocenters. The van der Waals surface area contributed by atoms with Crippen LogP contribution < -0.4 is 84.0 Å². The van der Waals surface area contributed by atoms with Crippen molar-refractivity contribution >= 4 is 62.3 Å². The Morgan fingerprint density at radius 3 is 2.15 bits per heavy atom. The first kappa shape index (κ1) is 53.2. The minimum absolute atomic E-state index is 0. The molecule has 4 N–H and O–H groups in total. The van der Waals surface area contributed by atoms with E-state index in [-0.39, 0.29) is 91.3 Å². The molecule has 2 atom stereocenters. The number of rotatable bonds is 24. The van der Waals surface area contributed by atoms with Crippen molar-refractivity contribution in [3.63, 3.8) is 0 Å². The molecule has 2 aromatic carbocycles. The van der Waals surface area contributed by atoms with E-state index in [0.717, 1.165) is 17.7 Å². The summed E-state index contributed by atoms with van der Waals surface area (Å²) in [7, 11) is -8.46.